The number of para-hydroxylation sites is 2. The van der Waals surface area contributed by atoms with Crippen LogP contribution in [-0.4, -0.2) is 0 Å². The molecule has 3 aromatic heterocycles. The van der Waals surface area contributed by atoms with E-state index in [9.17, 15) is 0 Å². The molecule has 15 rings (SSSR count). The number of rotatable bonds is 7. The Morgan fingerprint density at radius 2 is 0.676 bits per heavy atom. The van der Waals surface area contributed by atoms with Crippen LogP contribution in [0.5, 0.6) is 0 Å². The fraction of sp³-hybridized carbons (Fsp3) is 0. The number of hydrogen-bond donors (Lipinski definition) is 3. The van der Waals surface area contributed by atoms with Crippen molar-refractivity contribution < 1.29 is 4.42 Å². The largest absolute Gasteiger partial charge is 0.456 e. The van der Waals surface area contributed by atoms with Crippen LogP contribution in [0.4, 0.5) is 34.1 Å². The van der Waals surface area contributed by atoms with Gasteiger partial charge in [-0.25, -0.2) is 0 Å². The second-order valence-electron chi connectivity index (χ2n) is 18.3. The van der Waals surface area contributed by atoms with E-state index in [0.29, 0.717) is 0 Å². The van der Waals surface area contributed by atoms with Crippen LogP contribution < -0.4 is 16.0 Å². The quantitative estimate of drug-likeness (QED) is 0.149. The Hall–Kier alpha value is -9.20. The minimum Gasteiger partial charge on any atom is -0.456 e. The highest BCUT2D eigenvalue weighted by Crippen LogP contribution is 2.39. The highest BCUT2D eigenvalue weighted by molar-refractivity contribution is 7.26. The van der Waals surface area contributed by atoms with E-state index in [4.69, 9.17) is 4.42 Å². The van der Waals surface area contributed by atoms with Crippen molar-refractivity contribution in [2.75, 3.05) is 16.0 Å². The smallest absolute Gasteiger partial charge is 0.135 e. The Bertz CT molecular complexity index is 4280. The molecule has 0 saturated heterocycles. The fourth-order valence-corrected chi connectivity index (χ4v) is 12.1. The predicted octanol–water partition coefficient (Wildman–Crippen LogP) is 20.9. The molecule has 0 aliphatic heterocycles. The molecule has 6 heteroatoms. The molecule has 0 aliphatic rings. The first-order chi connectivity index (χ1) is 36.6. The Morgan fingerprint density at radius 1 is 0.243 bits per heavy atom. The van der Waals surface area contributed by atoms with Gasteiger partial charge in [0, 0.05) is 96.0 Å². The number of fused-ring (bicyclic) bond motifs is 11. The fourth-order valence-electron chi connectivity index (χ4n) is 9.93. The van der Waals surface area contributed by atoms with Crippen molar-refractivity contribution in [1.82, 2.24) is 0 Å². The zero-order valence-electron chi connectivity index (χ0n) is 40.1. The summed E-state index contributed by atoms with van der Waals surface area (Å²) in [4.78, 5) is 0. The topological polar surface area (TPSA) is 49.2 Å². The molecule has 0 amide bonds. The normalized spacial score (nSPS) is 11.2. The van der Waals surface area contributed by atoms with Crippen molar-refractivity contribution in [3.63, 3.8) is 0 Å². The number of benzene rings is 12. The van der Waals surface area contributed by atoms with Gasteiger partial charge in [0.15, 0.2) is 0 Å². The van der Waals surface area contributed by atoms with Crippen LogP contribution in [0.15, 0.2) is 271 Å². The average Bonchev–Trinajstić information content (AvgIpc) is 4.15. The van der Waals surface area contributed by atoms with E-state index in [-0.39, 0.29) is 0 Å². The van der Waals surface area contributed by atoms with Crippen LogP contribution in [0.3, 0.4) is 0 Å². The lowest BCUT2D eigenvalue weighted by Crippen LogP contribution is -1.91. The van der Waals surface area contributed by atoms with Gasteiger partial charge >= 0.3 is 0 Å². The maximum Gasteiger partial charge on any atom is 0.135 e. The zero-order chi connectivity index (χ0) is 49.2. The van der Waals surface area contributed by atoms with E-state index in [0.717, 1.165) is 56.1 Å². The number of furan rings is 1. The lowest BCUT2D eigenvalue weighted by Gasteiger charge is -2.10. The first kappa shape index (κ1) is 44.7. The highest BCUT2D eigenvalue weighted by atomic mass is 32.1. The van der Waals surface area contributed by atoms with Gasteiger partial charge in [-0.05, 0) is 125 Å². The number of nitrogens with one attached hydrogen (secondary N) is 3. The molecule has 0 bridgehead atoms. The average molecular weight is 986 g/mol. The summed E-state index contributed by atoms with van der Waals surface area (Å²) >= 11 is 3.71. The third kappa shape index (κ3) is 9.05. The molecule has 0 atom stereocenters. The minimum atomic E-state index is 0.916. The molecule has 0 radical (unpaired) electrons. The van der Waals surface area contributed by atoms with Gasteiger partial charge in [0.25, 0.3) is 0 Å². The Labute approximate surface area is 436 Å². The third-order valence-corrected chi connectivity index (χ3v) is 15.9. The van der Waals surface area contributed by atoms with Gasteiger partial charge in [0.2, 0.25) is 0 Å². The molecule has 3 N–H and O–H groups in total. The molecule has 0 saturated carbocycles. The molecule has 0 aliphatic carbocycles. The molecule has 0 unspecified atom stereocenters. The summed E-state index contributed by atoms with van der Waals surface area (Å²) in [7, 11) is 0. The van der Waals surface area contributed by atoms with Gasteiger partial charge in [0.1, 0.15) is 11.2 Å². The van der Waals surface area contributed by atoms with Crippen LogP contribution in [0.2, 0.25) is 0 Å². The zero-order valence-corrected chi connectivity index (χ0v) is 41.8. The van der Waals surface area contributed by atoms with E-state index in [1.54, 1.807) is 0 Å². The first-order valence-corrected chi connectivity index (χ1v) is 26.4. The van der Waals surface area contributed by atoms with Crippen LogP contribution in [0.1, 0.15) is 0 Å². The maximum atomic E-state index is 5.90. The molecule has 15 aromatic rings. The lowest BCUT2D eigenvalue weighted by atomic mass is 10.0. The van der Waals surface area contributed by atoms with Crippen LogP contribution in [0, 0.1) is 0 Å². The van der Waals surface area contributed by atoms with Crippen LogP contribution in [-0.2, 0) is 0 Å². The molecule has 352 valence electrons. The summed E-state index contributed by atoms with van der Waals surface area (Å²) in [5, 5.41) is 23.2. The van der Waals surface area contributed by atoms with Crippen molar-refractivity contribution in [1.29, 1.82) is 0 Å². The second kappa shape index (κ2) is 19.8. The molecule has 74 heavy (non-hydrogen) atoms. The molecule has 0 fully saturated rings. The van der Waals surface area contributed by atoms with Gasteiger partial charge in [-0.15, -0.1) is 22.7 Å². The van der Waals surface area contributed by atoms with Crippen molar-refractivity contribution in [2.24, 2.45) is 0 Å². The summed E-state index contributed by atoms with van der Waals surface area (Å²) in [6.45, 7) is 0. The SMILES string of the molecule is c1ccc(Nc2ccc(-c3ccc4sc5ccccc5c4c3)cc2)cc1.c1ccc2c(Nc3ccc4oc5ccccc5c4c3)cccc2c1.c1ccc2c(Nc3ccc4sc5ccccc5c4c3)cccc2c1. The van der Waals surface area contributed by atoms with Gasteiger partial charge in [0.05, 0.1) is 0 Å². The molecule has 0 spiro atoms. The highest BCUT2D eigenvalue weighted by Gasteiger charge is 2.11. The van der Waals surface area contributed by atoms with Gasteiger partial charge in [-0.3, -0.25) is 0 Å². The second-order valence-corrected chi connectivity index (χ2v) is 20.5. The maximum absolute atomic E-state index is 5.90. The minimum absolute atomic E-state index is 0.916. The van der Waals surface area contributed by atoms with E-state index in [2.05, 4.69) is 240 Å². The predicted molar refractivity (Wildman–Crippen MR) is 322 cm³/mol. The van der Waals surface area contributed by atoms with Crippen LogP contribution in [0.25, 0.3) is 95.0 Å². The summed E-state index contributed by atoms with van der Waals surface area (Å²) < 4.78 is 11.3. The molecule has 3 heterocycles. The number of thiophene rings is 2. The van der Waals surface area contributed by atoms with E-state index in [1.807, 2.05) is 65.1 Å². The number of hydrogen-bond acceptors (Lipinski definition) is 6. The monoisotopic (exact) mass is 985 g/mol. The summed E-state index contributed by atoms with van der Waals surface area (Å²) in [5.74, 6) is 0. The van der Waals surface area contributed by atoms with Gasteiger partial charge < -0.3 is 20.4 Å². The standard InChI is InChI=1S/C24H17NS.C22H15NO.C22H15NS/c1-2-6-19(7-3-1)25-20-13-10-17(11-14-20)18-12-15-24-22(16-18)21-8-4-5-9-23(21)26-24;2*1-2-8-17-15(6-1)7-5-10-20(17)23-16-12-13-22-19(14-16)18-9-3-4-11-21(18)24-22/h1-16,25H;2*1-14,23H. The first-order valence-electron chi connectivity index (χ1n) is 24.8. The van der Waals surface area contributed by atoms with E-state index >= 15 is 0 Å². The van der Waals surface area contributed by atoms with Crippen LogP contribution >= 0.6 is 22.7 Å². The van der Waals surface area contributed by atoms with Crippen molar-refractivity contribution in [3.8, 4) is 11.1 Å². The summed E-state index contributed by atoms with van der Waals surface area (Å²) in [5.41, 5.74) is 11.0. The molecular formula is C68H47N3OS2. The van der Waals surface area contributed by atoms with Gasteiger partial charge in [-0.2, -0.15) is 0 Å². The van der Waals surface area contributed by atoms with Crippen molar-refractivity contribution in [2.45, 2.75) is 0 Å². The summed E-state index contributed by atoms with van der Waals surface area (Å²) in [6, 6.07) is 93.5. The molecule has 12 aromatic carbocycles. The van der Waals surface area contributed by atoms with E-state index in [1.165, 1.54) is 73.0 Å². The van der Waals surface area contributed by atoms with E-state index < -0.39 is 0 Å². The third-order valence-electron chi connectivity index (χ3n) is 13.5. The molecule has 4 nitrogen and oxygen atoms in total. The summed E-state index contributed by atoms with van der Waals surface area (Å²) in [6.07, 6.45) is 0. The lowest BCUT2D eigenvalue weighted by molar-refractivity contribution is 0.669. The van der Waals surface area contributed by atoms with Crippen molar-refractivity contribution in [3.05, 3.63) is 267 Å². The Balaban J connectivity index is 0.000000107. The van der Waals surface area contributed by atoms with Gasteiger partial charge in [-0.1, -0.05) is 164 Å². The van der Waals surface area contributed by atoms with Crippen molar-refractivity contribution >= 4 is 141 Å². The Kier molecular flexibility index (Phi) is 12.0. The Morgan fingerprint density at radius 3 is 1.32 bits per heavy atom. The number of anilines is 6. The molecular weight excluding hydrogens is 939 g/mol.